The predicted octanol–water partition coefficient (Wildman–Crippen LogP) is 3.99. The van der Waals surface area contributed by atoms with Gasteiger partial charge in [-0.05, 0) is 75.6 Å². The summed E-state index contributed by atoms with van der Waals surface area (Å²) in [6.45, 7) is 4.00. The van der Waals surface area contributed by atoms with Crippen molar-refractivity contribution >= 4 is 24.0 Å². The second kappa shape index (κ2) is 8.21. The van der Waals surface area contributed by atoms with Crippen molar-refractivity contribution in [1.29, 1.82) is 0 Å². The highest BCUT2D eigenvalue weighted by atomic mass is 35.5. The minimum absolute atomic E-state index is 0. The van der Waals surface area contributed by atoms with Crippen LogP contribution in [0.25, 0.3) is 0 Å². The van der Waals surface area contributed by atoms with Crippen LogP contribution in [-0.2, 0) is 4.79 Å². The Balaban J connectivity index is 0.00000208. The number of nitrogens with two attached hydrogens (primary N) is 1. The van der Waals surface area contributed by atoms with Gasteiger partial charge in [-0.15, -0.1) is 12.4 Å². The first kappa shape index (κ1) is 19.1. The highest BCUT2D eigenvalue weighted by Crippen LogP contribution is 2.42. The Hall–Kier alpha value is -1.26. The van der Waals surface area contributed by atoms with Crippen LogP contribution in [0.5, 0.6) is 5.75 Å². The van der Waals surface area contributed by atoms with Crippen molar-refractivity contribution in [2.45, 2.75) is 58.1 Å². The molecule has 1 amide bonds. The van der Waals surface area contributed by atoms with Crippen molar-refractivity contribution in [2.75, 3.05) is 5.32 Å². The van der Waals surface area contributed by atoms with E-state index in [1.165, 1.54) is 19.3 Å². The zero-order valence-corrected chi connectivity index (χ0v) is 15.4. The van der Waals surface area contributed by atoms with Crippen LogP contribution in [0.3, 0.4) is 0 Å². The van der Waals surface area contributed by atoms with Gasteiger partial charge in [0.25, 0.3) is 0 Å². The van der Waals surface area contributed by atoms with Gasteiger partial charge >= 0.3 is 0 Å². The lowest BCUT2D eigenvalue weighted by molar-refractivity contribution is -0.122. The summed E-state index contributed by atoms with van der Waals surface area (Å²) in [5.41, 5.74) is 7.15. The van der Waals surface area contributed by atoms with Crippen molar-refractivity contribution < 1.29 is 9.53 Å². The van der Waals surface area contributed by atoms with Gasteiger partial charge in [-0.3, -0.25) is 4.79 Å². The van der Waals surface area contributed by atoms with E-state index >= 15 is 0 Å². The number of nitrogens with one attached hydrogen (secondary N) is 1. The van der Waals surface area contributed by atoms with Crippen LogP contribution in [0, 0.1) is 17.8 Å². The fourth-order valence-corrected chi connectivity index (χ4v) is 4.14. The molecule has 1 aromatic rings. The normalized spacial score (nSPS) is 28.8. The molecular formula is C19H29ClN2O2. The Kier molecular flexibility index (Phi) is 6.53. The summed E-state index contributed by atoms with van der Waals surface area (Å²) in [6, 6.07) is 7.93. The molecule has 2 bridgehead atoms. The SMILES string of the molecule is CC(C)Oc1ccc(NC(=O)C2CC3CCCC(C2)C3N)cc1.Cl. The minimum atomic E-state index is 0. The van der Waals surface area contributed by atoms with E-state index in [0.717, 1.165) is 24.3 Å². The molecule has 0 saturated heterocycles. The highest BCUT2D eigenvalue weighted by molar-refractivity contribution is 5.92. The summed E-state index contributed by atoms with van der Waals surface area (Å²) in [4.78, 5) is 12.6. The molecule has 2 fully saturated rings. The largest absolute Gasteiger partial charge is 0.491 e. The molecule has 1 aromatic carbocycles. The molecule has 2 aliphatic carbocycles. The molecule has 2 saturated carbocycles. The lowest BCUT2D eigenvalue weighted by atomic mass is 9.65. The molecular weight excluding hydrogens is 324 g/mol. The van der Waals surface area contributed by atoms with Crippen molar-refractivity contribution in [1.82, 2.24) is 0 Å². The first-order chi connectivity index (χ1) is 11.0. The third-order valence-corrected chi connectivity index (χ3v) is 5.28. The average molecular weight is 353 g/mol. The smallest absolute Gasteiger partial charge is 0.227 e. The molecule has 2 aliphatic rings. The molecule has 2 atom stereocenters. The number of rotatable bonds is 4. The van der Waals surface area contributed by atoms with E-state index in [2.05, 4.69) is 5.32 Å². The summed E-state index contributed by atoms with van der Waals surface area (Å²) in [5, 5.41) is 3.06. The van der Waals surface area contributed by atoms with Crippen LogP contribution in [-0.4, -0.2) is 18.1 Å². The maximum Gasteiger partial charge on any atom is 0.227 e. The number of carbonyl (C=O) groups excluding carboxylic acids is 1. The molecule has 4 nitrogen and oxygen atoms in total. The standard InChI is InChI=1S/C19H28N2O2.ClH/c1-12(2)23-17-8-6-16(7-9-17)21-19(22)15-10-13-4-3-5-14(11-15)18(13)20;/h6-9,12-15,18H,3-5,10-11,20H2,1-2H3,(H,21,22);1H. The molecule has 2 unspecified atom stereocenters. The summed E-state index contributed by atoms with van der Waals surface area (Å²) in [5.74, 6) is 2.14. The number of fused-ring (bicyclic) bond motifs is 2. The van der Waals surface area contributed by atoms with E-state index in [9.17, 15) is 4.79 Å². The number of halogens is 1. The summed E-state index contributed by atoms with van der Waals surface area (Å²) in [6.07, 6.45) is 5.68. The van der Waals surface area contributed by atoms with Gasteiger partial charge in [-0.25, -0.2) is 0 Å². The Morgan fingerprint density at radius 2 is 1.75 bits per heavy atom. The Labute approximate surface area is 150 Å². The first-order valence-corrected chi connectivity index (χ1v) is 8.86. The molecule has 3 rings (SSSR count). The molecule has 24 heavy (non-hydrogen) atoms. The van der Waals surface area contributed by atoms with E-state index in [1.807, 2.05) is 38.1 Å². The van der Waals surface area contributed by atoms with Gasteiger partial charge in [0.1, 0.15) is 5.75 Å². The molecule has 0 aliphatic heterocycles. The Bertz CT molecular complexity index is 533. The fourth-order valence-electron chi connectivity index (χ4n) is 4.14. The van der Waals surface area contributed by atoms with E-state index < -0.39 is 0 Å². The van der Waals surface area contributed by atoms with Crippen LogP contribution in [0.4, 0.5) is 5.69 Å². The van der Waals surface area contributed by atoms with Gasteiger partial charge in [0, 0.05) is 17.6 Å². The zero-order valence-electron chi connectivity index (χ0n) is 14.5. The second-order valence-electron chi connectivity index (χ2n) is 7.38. The van der Waals surface area contributed by atoms with Crippen LogP contribution in [0.15, 0.2) is 24.3 Å². The summed E-state index contributed by atoms with van der Waals surface area (Å²) < 4.78 is 5.63. The minimum Gasteiger partial charge on any atom is -0.491 e. The average Bonchev–Trinajstić information content (AvgIpc) is 2.48. The number of benzene rings is 1. The number of ether oxygens (including phenoxy) is 1. The lowest BCUT2D eigenvalue weighted by Gasteiger charge is -2.43. The van der Waals surface area contributed by atoms with Gasteiger partial charge < -0.3 is 15.8 Å². The summed E-state index contributed by atoms with van der Waals surface area (Å²) >= 11 is 0. The van der Waals surface area contributed by atoms with Crippen LogP contribution >= 0.6 is 12.4 Å². The molecule has 5 heteroatoms. The van der Waals surface area contributed by atoms with Crippen molar-refractivity contribution in [2.24, 2.45) is 23.5 Å². The van der Waals surface area contributed by atoms with Crippen LogP contribution < -0.4 is 15.8 Å². The third kappa shape index (κ3) is 4.42. The maximum atomic E-state index is 12.6. The van der Waals surface area contributed by atoms with Crippen molar-refractivity contribution in [3.8, 4) is 5.75 Å². The second-order valence-corrected chi connectivity index (χ2v) is 7.38. The zero-order chi connectivity index (χ0) is 16.4. The number of hydrogen-bond acceptors (Lipinski definition) is 3. The highest BCUT2D eigenvalue weighted by Gasteiger charge is 2.40. The molecule has 3 N–H and O–H groups in total. The lowest BCUT2D eigenvalue weighted by Crippen LogP contribution is -2.48. The van der Waals surface area contributed by atoms with E-state index in [4.69, 9.17) is 10.5 Å². The molecule has 0 radical (unpaired) electrons. The summed E-state index contributed by atoms with van der Waals surface area (Å²) in [7, 11) is 0. The third-order valence-electron chi connectivity index (χ3n) is 5.28. The van der Waals surface area contributed by atoms with Crippen molar-refractivity contribution in [3.63, 3.8) is 0 Å². The number of carbonyl (C=O) groups is 1. The number of hydrogen-bond donors (Lipinski definition) is 2. The van der Waals surface area contributed by atoms with Gasteiger partial charge in [0.05, 0.1) is 6.10 Å². The first-order valence-electron chi connectivity index (χ1n) is 8.86. The van der Waals surface area contributed by atoms with E-state index in [0.29, 0.717) is 17.9 Å². The fraction of sp³-hybridized carbons (Fsp3) is 0.632. The van der Waals surface area contributed by atoms with E-state index in [-0.39, 0.29) is 30.3 Å². The Morgan fingerprint density at radius 3 is 2.29 bits per heavy atom. The topological polar surface area (TPSA) is 64.3 Å². The predicted molar refractivity (Wildman–Crippen MR) is 99.6 cm³/mol. The molecule has 0 heterocycles. The van der Waals surface area contributed by atoms with Crippen molar-refractivity contribution in [3.05, 3.63) is 24.3 Å². The van der Waals surface area contributed by atoms with Gasteiger partial charge in [0.15, 0.2) is 0 Å². The molecule has 134 valence electrons. The van der Waals surface area contributed by atoms with E-state index in [1.54, 1.807) is 0 Å². The number of amides is 1. The maximum absolute atomic E-state index is 12.6. The quantitative estimate of drug-likeness (QED) is 0.861. The van der Waals surface area contributed by atoms with Gasteiger partial charge in [-0.1, -0.05) is 6.42 Å². The molecule has 0 aromatic heterocycles. The monoisotopic (exact) mass is 352 g/mol. The Morgan fingerprint density at radius 1 is 1.17 bits per heavy atom. The van der Waals surface area contributed by atoms with Gasteiger partial charge in [-0.2, -0.15) is 0 Å². The molecule has 0 spiro atoms. The van der Waals surface area contributed by atoms with Gasteiger partial charge in [0.2, 0.25) is 5.91 Å². The number of anilines is 1. The van der Waals surface area contributed by atoms with Crippen LogP contribution in [0.2, 0.25) is 0 Å². The van der Waals surface area contributed by atoms with Crippen LogP contribution in [0.1, 0.15) is 46.0 Å².